The number of nitrogens with zero attached hydrogens (tertiary/aromatic N) is 1. The van der Waals surface area contributed by atoms with Gasteiger partial charge < -0.3 is 4.90 Å². The largest absolute Gasteiger partial charge is 0.370 e. The van der Waals surface area contributed by atoms with Crippen LogP contribution in [0.3, 0.4) is 0 Å². The van der Waals surface area contributed by atoms with Crippen LogP contribution in [0.25, 0.3) is 0 Å². The van der Waals surface area contributed by atoms with Crippen molar-refractivity contribution in [2.24, 2.45) is 5.41 Å². The van der Waals surface area contributed by atoms with Gasteiger partial charge in [0.05, 0.1) is 0 Å². The Bertz CT molecular complexity index is 462. The van der Waals surface area contributed by atoms with Gasteiger partial charge >= 0.3 is 0 Å². The molecule has 104 valence electrons. The molecular formula is C17H24FN. The molecule has 0 unspecified atom stereocenters. The van der Waals surface area contributed by atoms with Gasteiger partial charge in [0.15, 0.2) is 0 Å². The minimum absolute atomic E-state index is 0.168. The zero-order valence-corrected chi connectivity index (χ0v) is 12.2. The van der Waals surface area contributed by atoms with E-state index < -0.39 is 0 Å². The molecule has 19 heavy (non-hydrogen) atoms. The summed E-state index contributed by atoms with van der Waals surface area (Å²) in [5, 5.41) is 0. The standard InChI is InChI=1S/C17H24FN/c1-17(2)11-6-4-5-8-14(17)13-19(3)16-10-7-9-15(18)12-16/h7-10,12H,4-6,11,13H2,1-3H3. The highest BCUT2D eigenvalue weighted by atomic mass is 19.1. The third-order valence-corrected chi connectivity index (χ3v) is 4.17. The van der Waals surface area contributed by atoms with Crippen molar-refractivity contribution in [3.05, 3.63) is 41.7 Å². The van der Waals surface area contributed by atoms with Gasteiger partial charge in [-0.2, -0.15) is 0 Å². The summed E-state index contributed by atoms with van der Waals surface area (Å²) in [5.41, 5.74) is 2.69. The minimum Gasteiger partial charge on any atom is -0.370 e. The van der Waals surface area contributed by atoms with Crippen molar-refractivity contribution in [3.63, 3.8) is 0 Å². The number of hydrogen-bond donors (Lipinski definition) is 0. The van der Waals surface area contributed by atoms with Crippen LogP contribution < -0.4 is 4.90 Å². The molecule has 2 rings (SSSR count). The van der Waals surface area contributed by atoms with E-state index in [-0.39, 0.29) is 11.2 Å². The smallest absolute Gasteiger partial charge is 0.125 e. The first kappa shape index (κ1) is 14.1. The summed E-state index contributed by atoms with van der Waals surface area (Å²) in [5.74, 6) is -0.168. The molecule has 0 saturated heterocycles. The van der Waals surface area contributed by atoms with Crippen molar-refractivity contribution >= 4 is 5.69 Å². The zero-order chi connectivity index (χ0) is 13.9. The average Bonchev–Trinajstić information content (AvgIpc) is 2.51. The first-order valence-corrected chi connectivity index (χ1v) is 7.15. The molecule has 0 aromatic heterocycles. The molecule has 0 amide bonds. The van der Waals surface area contributed by atoms with Crippen LogP contribution in [-0.2, 0) is 0 Å². The highest BCUT2D eigenvalue weighted by molar-refractivity contribution is 5.47. The van der Waals surface area contributed by atoms with Crippen molar-refractivity contribution < 1.29 is 4.39 Å². The maximum atomic E-state index is 13.3. The van der Waals surface area contributed by atoms with Crippen molar-refractivity contribution in [2.75, 3.05) is 18.5 Å². The van der Waals surface area contributed by atoms with E-state index in [1.54, 1.807) is 12.1 Å². The number of allylic oxidation sites excluding steroid dienone is 1. The van der Waals surface area contributed by atoms with Crippen molar-refractivity contribution in [3.8, 4) is 0 Å². The van der Waals surface area contributed by atoms with E-state index >= 15 is 0 Å². The molecule has 0 saturated carbocycles. The summed E-state index contributed by atoms with van der Waals surface area (Å²) < 4.78 is 13.3. The molecule has 2 heteroatoms. The summed E-state index contributed by atoms with van der Waals surface area (Å²) in [4.78, 5) is 2.14. The predicted octanol–water partition coefficient (Wildman–Crippen LogP) is 4.79. The minimum atomic E-state index is -0.168. The summed E-state index contributed by atoms with van der Waals surface area (Å²) in [6.07, 6.45) is 7.40. The highest BCUT2D eigenvalue weighted by Gasteiger charge is 2.25. The predicted molar refractivity (Wildman–Crippen MR) is 80.0 cm³/mol. The van der Waals surface area contributed by atoms with Crippen LogP contribution in [0.1, 0.15) is 39.5 Å². The molecule has 0 N–H and O–H groups in total. The van der Waals surface area contributed by atoms with E-state index in [1.165, 1.54) is 37.3 Å². The summed E-state index contributed by atoms with van der Waals surface area (Å²) >= 11 is 0. The van der Waals surface area contributed by atoms with Gasteiger partial charge in [0.25, 0.3) is 0 Å². The Labute approximate surface area is 116 Å². The first-order valence-electron chi connectivity index (χ1n) is 7.15. The molecule has 0 fully saturated rings. The van der Waals surface area contributed by atoms with Crippen LogP contribution >= 0.6 is 0 Å². The molecule has 1 aromatic carbocycles. The third-order valence-electron chi connectivity index (χ3n) is 4.17. The quantitative estimate of drug-likeness (QED) is 0.707. The highest BCUT2D eigenvalue weighted by Crippen LogP contribution is 2.36. The molecule has 1 aliphatic rings. The molecule has 1 aromatic rings. The number of hydrogen-bond acceptors (Lipinski definition) is 1. The molecule has 0 heterocycles. The van der Waals surface area contributed by atoms with Gasteiger partial charge in [0, 0.05) is 19.3 Å². The van der Waals surface area contributed by atoms with Crippen LogP contribution in [-0.4, -0.2) is 13.6 Å². The Morgan fingerprint density at radius 2 is 2.05 bits per heavy atom. The second kappa shape index (κ2) is 5.77. The van der Waals surface area contributed by atoms with Gasteiger partial charge in [0.2, 0.25) is 0 Å². The van der Waals surface area contributed by atoms with Crippen LogP contribution in [0.4, 0.5) is 10.1 Å². The summed E-state index contributed by atoms with van der Waals surface area (Å²) in [6.45, 7) is 5.53. The molecule has 0 bridgehead atoms. The van der Waals surface area contributed by atoms with Crippen LogP contribution in [0.5, 0.6) is 0 Å². The van der Waals surface area contributed by atoms with Crippen LogP contribution in [0.15, 0.2) is 35.9 Å². The Kier molecular flexibility index (Phi) is 4.28. The Morgan fingerprint density at radius 1 is 1.26 bits per heavy atom. The Hall–Kier alpha value is -1.31. The SMILES string of the molecule is CN(CC1=CCCCCC1(C)C)c1cccc(F)c1. The third kappa shape index (κ3) is 3.59. The van der Waals surface area contributed by atoms with E-state index in [0.29, 0.717) is 0 Å². The Balaban J connectivity index is 2.13. The second-order valence-electron chi connectivity index (χ2n) is 6.19. The summed E-state index contributed by atoms with van der Waals surface area (Å²) in [7, 11) is 2.04. The maximum absolute atomic E-state index is 13.3. The fourth-order valence-corrected chi connectivity index (χ4v) is 2.76. The molecule has 1 nitrogen and oxygen atoms in total. The lowest BCUT2D eigenvalue weighted by Gasteiger charge is -2.31. The number of anilines is 1. The molecular weight excluding hydrogens is 237 g/mol. The molecule has 1 aliphatic carbocycles. The lowest BCUT2D eigenvalue weighted by Crippen LogP contribution is -2.27. The maximum Gasteiger partial charge on any atom is 0.125 e. The van der Waals surface area contributed by atoms with E-state index in [1.807, 2.05) is 13.1 Å². The van der Waals surface area contributed by atoms with Crippen molar-refractivity contribution in [2.45, 2.75) is 39.5 Å². The Morgan fingerprint density at radius 3 is 2.79 bits per heavy atom. The normalized spacial score (nSPS) is 18.6. The monoisotopic (exact) mass is 261 g/mol. The lowest BCUT2D eigenvalue weighted by atomic mass is 9.80. The fraction of sp³-hybridized carbons (Fsp3) is 0.529. The molecule has 0 aliphatic heterocycles. The molecule has 0 atom stereocenters. The fourth-order valence-electron chi connectivity index (χ4n) is 2.76. The van der Waals surface area contributed by atoms with Gasteiger partial charge in [-0.3, -0.25) is 0 Å². The van der Waals surface area contributed by atoms with E-state index in [9.17, 15) is 4.39 Å². The van der Waals surface area contributed by atoms with Gasteiger partial charge in [-0.1, -0.05) is 32.4 Å². The number of rotatable bonds is 3. The van der Waals surface area contributed by atoms with Gasteiger partial charge in [0.1, 0.15) is 5.82 Å². The van der Waals surface area contributed by atoms with E-state index in [0.717, 1.165) is 12.2 Å². The van der Waals surface area contributed by atoms with Gasteiger partial charge in [-0.05, 0) is 48.4 Å². The number of likely N-dealkylation sites (N-methyl/N-ethyl adjacent to an activating group) is 1. The topological polar surface area (TPSA) is 3.24 Å². The average molecular weight is 261 g/mol. The first-order chi connectivity index (χ1) is 8.99. The van der Waals surface area contributed by atoms with Crippen LogP contribution in [0.2, 0.25) is 0 Å². The van der Waals surface area contributed by atoms with Gasteiger partial charge in [-0.25, -0.2) is 4.39 Å². The molecule has 0 radical (unpaired) electrons. The molecule has 0 spiro atoms. The van der Waals surface area contributed by atoms with Gasteiger partial charge in [-0.15, -0.1) is 0 Å². The zero-order valence-electron chi connectivity index (χ0n) is 12.2. The lowest BCUT2D eigenvalue weighted by molar-refractivity contribution is 0.394. The van der Waals surface area contributed by atoms with Crippen molar-refractivity contribution in [1.82, 2.24) is 0 Å². The van der Waals surface area contributed by atoms with E-state index in [4.69, 9.17) is 0 Å². The number of halogens is 1. The van der Waals surface area contributed by atoms with E-state index in [2.05, 4.69) is 24.8 Å². The summed E-state index contributed by atoms with van der Waals surface area (Å²) in [6, 6.07) is 6.83. The van der Waals surface area contributed by atoms with Crippen molar-refractivity contribution in [1.29, 1.82) is 0 Å². The second-order valence-corrected chi connectivity index (χ2v) is 6.19. The van der Waals surface area contributed by atoms with Crippen LogP contribution in [0, 0.1) is 11.2 Å². The number of benzene rings is 1.